The van der Waals surface area contributed by atoms with Gasteiger partial charge in [0.05, 0.1) is 10.6 Å². The summed E-state index contributed by atoms with van der Waals surface area (Å²) in [7, 11) is 0. The number of nitrogens with one attached hydrogen (secondary N) is 2. The van der Waals surface area contributed by atoms with Crippen molar-refractivity contribution >= 4 is 35.0 Å². The van der Waals surface area contributed by atoms with E-state index in [9.17, 15) is 14.4 Å². The Kier molecular flexibility index (Phi) is 7.25. The molecular weight excluding hydrogens is 402 g/mol. The van der Waals surface area contributed by atoms with Crippen LogP contribution in [0.3, 0.4) is 0 Å². The van der Waals surface area contributed by atoms with Gasteiger partial charge in [-0.05, 0) is 49.2 Å². The quantitative estimate of drug-likeness (QED) is 0.692. The Morgan fingerprint density at radius 1 is 1.07 bits per heavy atom. The molecule has 0 spiro atoms. The van der Waals surface area contributed by atoms with E-state index in [1.54, 1.807) is 59.5 Å². The monoisotopic (exact) mass is 425 g/mol. The van der Waals surface area contributed by atoms with E-state index in [0.717, 1.165) is 0 Å². The highest BCUT2D eigenvalue weighted by atomic mass is 35.5. The Labute approximate surface area is 180 Å². The molecule has 1 aliphatic heterocycles. The molecule has 1 heterocycles. The van der Waals surface area contributed by atoms with Gasteiger partial charge >= 0.3 is 0 Å². The van der Waals surface area contributed by atoms with Crippen LogP contribution < -0.4 is 10.6 Å². The fourth-order valence-corrected chi connectivity index (χ4v) is 3.61. The smallest absolute Gasteiger partial charge is 0.257 e. The normalized spacial score (nSPS) is 14.1. The first kappa shape index (κ1) is 21.6. The molecule has 3 amide bonds. The summed E-state index contributed by atoms with van der Waals surface area (Å²) in [6, 6.07) is 13.6. The maximum absolute atomic E-state index is 12.8. The summed E-state index contributed by atoms with van der Waals surface area (Å²) in [4.78, 5) is 38.9. The van der Waals surface area contributed by atoms with Crippen LogP contribution in [0.4, 0.5) is 5.69 Å². The Morgan fingerprint density at radius 3 is 2.37 bits per heavy atom. The van der Waals surface area contributed by atoms with Crippen molar-refractivity contribution in [3.8, 4) is 0 Å². The van der Waals surface area contributed by atoms with Crippen LogP contribution in [0.5, 0.6) is 0 Å². The highest BCUT2D eigenvalue weighted by Crippen LogP contribution is 2.21. The van der Waals surface area contributed by atoms with E-state index in [2.05, 4.69) is 17.2 Å². The van der Waals surface area contributed by atoms with Crippen molar-refractivity contribution in [2.24, 2.45) is 5.92 Å². The van der Waals surface area contributed by atoms with E-state index in [1.165, 1.54) is 0 Å². The third kappa shape index (κ3) is 5.27. The predicted molar refractivity (Wildman–Crippen MR) is 118 cm³/mol. The number of piperidine rings is 1. The van der Waals surface area contributed by atoms with Crippen molar-refractivity contribution in [3.63, 3.8) is 0 Å². The molecule has 2 aromatic carbocycles. The number of rotatable bonds is 6. The van der Waals surface area contributed by atoms with Crippen molar-refractivity contribution in [3.05, 3.63) is 77.3 Å². The van der Waals surface area contributed by atoms with Crippen molar-refractivity contribution in [2.45, 2.75) is 12.8 Å². The first-order valence-corrected chi connectivity index (χ1v) is 10.2. The standard InChI is InChI=1S/C23H24ClN3O3/c1-2-13-25-21(28)16-11-14-27(15-12-16)23(30)17-7-9-18(10-8-17)26-22(29)19-5-3-4-6-20(19)24/h2-10,16H,1,11-15H2,(H,25,28)(H,26,29). The van der Waals surface area contributed by atoms with Gasteiger partial charge in [0, 0.05) is 36.8 Å². The molecule has 7 heteroatoms. The highest BCUT2D eigenvalue weighted by Gasteiger charge is 2.27. The first-order chi connectivity index (χ1) is 14.5. The molecule has 30 heavy (non-hydrogen) atoms. The molecule has 0 atom stereocenters. The van der Waals surface area contributed by atoms with E-state index in [-0.39, 0.29) is 23.6 Å². The maximum atomic E-state index is 12.8. The van der Waals surface area contributed by atoms with Crippen LogP contribution in [0.2, 0.25) is 5.02 Å². The molecule has 1 fully saturated rings. The third-order valence-electron chi connectivity index (χ3n) is 5.08. The molecule has 0 saturated carbocycles. The number of halogens is 1. The van der Waals surface area contributed by atoms with Crippen LogP contribution in [0, 0.1) is 5.92 Å². The fraction of sp³-hybridized carbons (Fsp3) is 0.261. The second-order valence-corrected chi connectivity index (χ2v) is 7.52. The minimum absolute atomic E-state index is 0.0145. The topological polar surface area (TPSA) is 78.5 Å². The van der Waals surface area contributed by atoms with Crippen molar-refractivity contribution in [1.29, 1.82) is 0 Å². The molecule has 0 unspecified atom stereocenters. The summed E-state index contributed by atoms with van der Waals surface area (Å²) < 4.78 is 0. The van der Waals surface area contributed by atoms with Gasteiger partial charge in [-0.1, -0.05) is 29.8 Å². The van der Waals surface area contributed by atoms with E-state index < -0.39 is 0 Å². The van der Waals surface area contributed by atoms with Gasteiger partial charge in [-0.3, -0.25) is 14.4 Å². The average Bonchev–Trinajstić information content (AvgIpc) is 2.78. The van der Waals surface area contributed by atoms with Gasteiger partial charge in [-0.2, -0.15) is 0 Å². The minimum atomic E-state index is -0.309. The van der Waals surface area contributed by atoms with Gasteiger partial charge in [0.1, 0.15) is 0 Å². The zero-order chi connectivity index (χ0) is 21.5. The lowest BCUT2D eigenvalue weighted by atomic mass is 9.95. The number of hydrogen-bond acceptors (Lipinski definition) is 3. The first-order valence-electron chi connectivity index (χ1n) is 9.83. The van der Waals surface area contributed by atoms with Gasteiger partial charge in [-0.15, -0.1) is 6.58 Å². The Balaban J connectivity index is 1.55. The van der Waals surface area contributed by atoms with Gasteiger partial charge in [0.25, 0.3) is 11.8 Å². The molecule has 0 aromatic heterocycles. The van der Waals surface area contributed by atoms with E-state index in [0.29, 0.717) is 54.3 Å². The number of likely N-dealkylation sites (tertiary alicyclic amines) is 1. The molecule has 3 rings (SSSR count). The number of benzene rings is 2. The van der Waals surface area contributed by atoms with Crippen LogP contribution >= 0.6 is 11.6 Å². The summed E-state index contributed by atoms with van der Waals surface area (Å²) in [5, 5.41) is 5.97. The van der Waals surface area contributed by atoms with E-state index in [1.807, 2.05) is 0 Å². The van der Waals surface area contributed by atoms with Crippen LogP contribution in [-0.4, -0.2) is 42.3 Å². The molecular formula is C23H24ClN3O3. The zero-order valence-corrected chi connectivity index (χ0v) is 17.3. The van der Waals surface area contributed by atoms with Gasteiger partial charge in [0.15, 0.2) is 0 Å². The summed E-state index contributed by atoms with van der Waals surface area (Å²) >= 11 is 6.05. The number of carbonyl (C=O) groups is 3. The summed E-state index contributed by atoms with van der Waals surface area (Å²) in [5.74, 6) is -0.447. The molecule has 2 N–H and O–H groups in total. The van der Waals surface area contributed by atoms with Crippen molar-refractivity contribution < 1.29 is 14.4 Å². The van der Waals surface area contributed by atoms with Crippen molar-refractivity contribution in [1.82, 2.24) is 10.2 Å². The molecule has 1 saturated heterocycles. The summed E-state index contributed by atoms with van der Waals surface area (Å²) in [6.45, 7) is 5.12. The number of nitrogens with zero attached hydrogens (tertiary/aromatic N) is 1. The Hall–Kier alpha value is -3.12. The molecule has 156 valence electrons. The molecule has 0 bridgehead atoms. The molecule has 0 radical (unpaired) electrons. The molecule has 1 aliphatic rings. The number of hydrogen-bond donors (Lipinski definition) is 2. The molecule has 6 nitrogen and oxygen atoms in total. The number of carbonyl (C=O) groups excluding carboxylic acids is 3. The van der Waals surface area contributed by atoms with Gasteiger partial charge in [0.2, 0.25) is 5.91 Å². The maximum Gasteiger partial charge on any atom is 0.257 e. The highest BCUT2D eigenvalue weighted by molar-refractivity contribution is 6.34. The summed E-state index contributed by atoms with van der Waals surface area (Å²) in [6.07, 6.45) is 2.93. The van der Waals surface area contributed by atoms with Crippen molar-refractivity contribution in [2.75, 3.05) is 25.0 Å². The predicted octanol–water partition coefficient (Wildman–Crippen LogP) is 3.75. The lowest BCUT2D eigenvalue weighted by molar-refractivity contribution is -0.126. The minimum Gasteiger partial charge on any atom is -0.352 e. The second kappa shape index (κ2) is 10.1. The average molecular weight is 426 g/mol. The Bertz CT molecular complexity index is 935. The van der Waals surface area contributed by atoms with Gasteiger partial charge in [-0.25, -0.2) is 0 Å². The third-order valence-corrected chi connectivity index (χ3v) is 5.41. The molecule has 0 aliphatic carbocycles. The fourth-order valence-electron chi connectivity index (χ4n) is 3.38. The number of amides is 3. The van der Waals surface area contributed by atoms with Crippen LogP contribution in [0.15, 0.2) is 61.2 Å². The van der Waals surface area contributed by atoms with Crippen LogP contribution in [-0.2, 0) is 4.79 Å². The lowest BCUT2D eigenvalue weighted by Gasteiger charge is -2.31. The van der Waals surface area contributed by atoms with E-state index >= 15 is 0 Å². The van der Waals surface area contributed by atoms with Crippen LogP contribution in [0.1, 0.15) is 33.6 Å². The lowest BCUT2D eigenvalue weighted by Crippen LogP contribution is -2.43. The zero-order valence-electron chi connectivity index (χ0n) is 16.6. The SMILES string of the molecule is C=CCNC(=O)C1CCN(C(=O)c2ccc(NC(=O)c3ccccc3Cl)cc2)CC1. The summed E-state index contributed by atoms with van der Waals surface area (Å²) in [5.41, 5.74) is 1.51. The van der Waals surface area contributed by atoms with E-state index in [4.69, 9.17) is 11.6 Å². The van der Waals surface area contributed by atoms with Gasteiger partial charge < -0.3 is 15.5 Å². The Morgan fingerprint density at radius 2 is 1.73 bits per heavy atom. The number of anilines is 1. The second-order valence-electron chi connectivity index (χ2n) is 7.11. The molecule has 2 aromatic rings. The van der Waals surface area contributed by atoms with Crippen LogP contribution in [0.25, 0.3) is 0 Å². The largest absolute Gasteiger partial charge is 0.352 e.